The van der Waals surface area contributed by atoms with E-state index >= 15 is 0 Å². The molecule has 118 valence electrons. The molecule has 21 heavy (non-hydrogen) atoms. The highest BCUT2D eigenvalue weighted by molar-refractivity contribution is 5.04. The molecule has 0 aromatic carbocycles. The van der Waals surface area contributed by atoms with Gasteiger partial charge in [0.05, 0.1) is 12.5 Å². The molecule has 0 saturated heterocycles. The molecule has 1 aromatic rings. The van der Waals surface area contributed by atoms with E-state index in [1.54, 1.807) is 7.11 Å². The largest absolute Gasteiger partial charge is 0.392 e. The van der Waals surface area contributed by atoms with E-state index in [1.165, 1.54) is 19.3 Å². The molecule has 2 fully saturated rings. The Hall–Kier alpha value is -0.940. The van der Waals surface area contributed by atoms with Crippen molar-refractivity contribution in [2.75, 3.05) is 7.11 Å². The molecule has 2 aliphatic rings. The van der Waals surface area contributed by atoms with Gasteiger partial charge in [-0.05, 0) is 31.6 Å². The summed E-state index contributed by atoms with van der Waals surface area (Å²) in [6.07, 6.45) is 10.2. The molecule has 5 nitrogen and oxygen atoms in total. The Morgan fingerprint density at radius 3 is 2.62 bits per heavy atom. The molecule has 2 saturated carbocycles. The first-order chi connectivity index (χ1) is 10.2. The summed E-state index contributed by atoms with van der Waals surface area (Å²) in [5.41, 5.74) is -0.377. The molecule has 1 unspecified atom stereocenters. The summed E-state index contributed by atoms with van der Waals surface area (Å²) in [6.45, 7) is 0. The molecular weight excluding hydrogens is 268 g/mol. The van der Waals surface area contributed by atoms with Crippen LogP contribution in [0, 0.1) is 5.92 Å². The lowest BCUT2D eigenvalue weighted by atomic mass is 9.84. The molecule has 3 rings (SSSR count). The average molecular weight is 294 g/mol. The van der Waals surface area contributed by atoms with Gasteiger partial charge in [-0.15, -0.1) is 0 Å². The minimum Gasteiger partial charge on any atom is -0.392 e. The maximum absolute atomic E-state index is 10.3. The van der Waals surface area contributed by atoms with Crippen molar-refractivity contribution in [3.8, 4) is 0 Å². The molecule has 1 atom stereocenters. The highest BCUT2D eigenvalue weighted by atomic mass is 16.5. The number of methoxy groups -OCH3 is 1. The summed E-state index contributed by atoms with van der Waals surface area (Å²) in [5.74, 6) is 1.61. The number of aromatic nitrogens is 2. The lowest BCUT2D eigenvalue weighted by Crippen LogP contribution is -2.32. The fourth-order valence-electron chi connectivity index (χ4n) is 3.85. The average Bonchev–Trinajstić information content (AvgIpc) is 3.19. The van der Waals surface area contributed by atoms with Gasteiger partial charge in [-0.1, -0.05) is 37.3 Å². The quantitative estimate of drug-likeness (QED) is 0.904. The molecule has 5 heteroatoms. The van der Waals surface area contributed by atoms with Gasteiger partial charge in [-0.25, -0.2) is 0 Å². The summed E-state index contributed by atoms with van der Waals surface area (Å²) in [4.78, 5) is 4.53. The van der Waals surface area contributed by atoms with Gasteiger partial charge in [0.15, 0.2) is 0 Å². The third kappa shape index (κ3) is 3.14. The van der Waals surface area contributed by atoms with Crippen molar-refractivity contribution in [3.05, 3.63) is 11.7 Å². The molecular formula is C16H26N2O3. The zero-order valence-corrected chi connectivity index (χ0v) is 12.9. The highest BCUT2D eigenvalue weighted by Crippen LogP contribution is 2.38. The number of nitrogens with zero attached hydrogens (tertiary/aromatic N) is 2. The summed E-state index contributed by atoms with van der Waals surface area (Å²) in [5, 5.41) is 14.4. The Labute approximate surface area is 126 Å². The van der Waals surface area contributed by atoms with Gasteiger partial charge in [0, 0.05) is 7.11 Å². The van der Waals surface area contributed by atoms with Crippen molar-refractivity contribution in [1.82, 2.24) is 10.1 Å². The second-order valence-corrected chi connectivity index (χ2v) is 6.59. The van der Waals surface area contributed by atoms with Crippen LogP contribution in [0.15, 0.2) is 4.52 Å². The van der Waals surface area contributed by atoms with E-state index in [-0.39, 0.29) is 11.7 Å². The highest BCUT2D eigenvalue weighted by Gasteiger charge is 2.38. The molecule has 0 amide bonds. The van der Waals surface area contributed by atoms with Crippen molar-refractivity contribution >= 4 is 0 Å². The minimum absolute atomic E-state index is 0.356. The Morgan fingerprint density at radius 2 is 1.95 bits per heavy atom. The van der Waals surface area contributed by atoms with E-state index in [0.29, 0.717) is 24.1 Å². The first-order valence-electron chi connectivity index (χ1n) is 8.30. The van der Waals surface area contributed by atoms with Crippen molar-refractivity contribution in [1.29, 1.82) is 0 Å². The molecule has 0 bridgehead atoms. The Bertz CT molecular complexity index is 448. The van der Waals surface area contributed by atoms with Crippen LogP contribution in [0.2, 0.25) is 0 Å². The van der Waals surface area contributed by atoms with Crippen molar-refractivity contribution in [2.24, 2.45) is 5.92 Å². The van der Waals surface area contributed by atoms with E-state index in [9.17, 15) is 5.11 Å². The standard InChI is InChI=1S/C16H26N2O3/c1-20-16(9-5-2-6-10-16)15-17-14(21-18-15)11-13(19)12-7-3-4-8-12/h12-13,19H,2-11H2,1H3. The summed E-state index contributed by atoms with van der Waals surface area (Å²) in [6, 6.07) is 0. The van der Waals surface area contributed by atoms with E-state index in [4.69, 9.17) is 9.26 Å². The van der Waals surface area contributed by atoms with E-state index in [2.05, 4.69) is 10.1 Å². The molecule has 1 aromatic heterocycles. The van der Waals surface area contributed by atoms with Crippen LogP contribution in [-0.4, -0.2) is 28.5 Å². The number of hydrogen-bond acceptors (Lipinski definition) is 5. The molecule has 2 aliphatic carbocycles. The van der Waals surface area contributed by atoms with E-state index < -0.39 is 0 Å². The van der Waals surface area contributed by atoms with Crippen LogP contribution in [-0.2, 0) is 16.8 Å². The van der Waals surface area contributed by atoms with E-state index in [0.717, 1.165) is 38.5 Å². The lowest BCUT2D eigenvalue weighted by molar-refractivity contribution is -0.0527. The summed E-state index contributed by atoms with van der Waals surface area (Å²) >= 11 is 0. The topological polar surface area (TPSA) is 68.4 Å². The van der Waals surface area contributed by atoms with Crippen LogP contribution in [0.3, 0.4) is 0 Å². The monoisotopic (exact) mass is 294 g/mol. The van der Waals surface area contributed by atoms with Crippen LogP contribution < -0.4 is 0 Å². The molecule has 1 N–H and O–H groups in total. The number of hydrogen-bond donors (Lipinski definition) is 1. The molecule has 1 heterocycles. The predicted octanol–water partition coefficient (Wildman–Crippen LogP) is 2.97. The zero-order valence-electron chi connectivity index (χ0n) is 12.9. The first-order valence-corrected chi connectivity index (χ1v) is 8.30. The van der Waals surface area contributed by atoms with Crippen LogP contribution in [0.5, 0.6) is 0 Å². The van der Waals surface area contributed by atoms with E-state index in [1.807, 2.05) is 0 Å². The van der Waals surface area contributed by atoms with Crippen LogP contribution in [0.4, 0.5) is 0 Å². The summed E-state index contributed by atoms with van der Waals surface area (Å²) < 4.78 is 11.1. The molecule has 0 radical (unpaired) electrons. The third-order valence-corrected chi connectivity index (χ3v) is 5.26. The van der Waals surface area contributed by atoms with Gasteiger partial charge in [0.1, 0.15) is 5.60 Å². The first kappa shape index (κ1) is 15.0. The number of aliphatic hydroxyl groups excluding tert-OH is 1. The lowest BCUT2D eigenvalue weighted by Gasteiger charge is -2.32. The van der Waals surface area contributed by atoms with Crippen LogP contribution >= 0.6 is 0 Å². The molecule has 0 aliphatic heterocycles. The second kappa shape index (κ2) is 6.44. The van der Waals surface area contributed by atoms with Gasteiger partial charge < -0.3 is 14.4 Å². The Kier molecular flexibility index (Phi) is 4.60. The number of rotatable bonds is 5. The maximum Gasteiger partial charge on any atom is 0.229 e. The van der Waals surface area contributed by atoms with Crippen molar-refractivity contribution in [2.45, 2.75) is 75.9 Å². The van der Waals surface area contributed by atoms with Gasteiger partial charge in [-0.3, -0.25) is 0 Å². The van der Waals surface area contributed by atoms with Crippen LogP contribution in [0.25, 0.3) is 0 Å². The van der Waals surface area contributed by atoms with Crippen molar-refractivity contribution < 1.29 is 14.4 Å². The zero-order chi connectivity index (χ0) is 14.7. The Balaban J connectivity index is 1.67. The third-order valence-electron chi connectivity index (χ3n) is 5.26. The normalized spacial score (nSPS) is 24.3. The van der Waals surface area contributed by atoms with Gasteiger partial charge in [-0.2, -0.15) is 4.98 Å². The predicted molar refractivity (Wildman–Crippen MR) is 77.7 cm³/mol. The second-order valence-electron chi connectivity index (χ2n) is 6.59. The van der Waals surface area contributed by atoms with Gasteiger partial charge >= 0.3 is 0 Å². The Morgan fingerprint density at radius 1 is 1.24 bits per heavy atom. The smallest absolute Gasteiger partial charge is 0.229 e. The molecule has 0 spiro atoms. The number of ether oxygens (including phenoxy) is 1. The van der Waals surface area contributed by atoms with Crippen molar-refractivity contribution in [3.63, 3.8) is 0 Å². The fourth-order valence-corrected chi connectivity index (χ4v) is 3.85. The summed E-state index contributed by atoms with van der Waals surface area (Å²) in [7, 11) is 1.73. The minimum atomic E-state index is -0.377. The fraction of sp³-hybridized carbons (Fsp3) is 0.875. The van der Waals surface area contributed by atoms with Gasteiger partial charge in [0.2, 0.25) is 11.7 Å². The van der Waals surface area contributed by atoms with Crippen LogP contribution in [0.1, 0.15) is 69.5 Å². The maximum atomic E-state index is 10.3. The number of aliphatic hydroxyl groups is 1. The SMILES string of the molecule is COC1(c2noc(CC(O)C3CCCC3)n2)CCCCC1. The van der Waals surface area contributed by atoms with Gasteiger partial charge in [0.25, 0.3) is 0 Å².